The summed E-state index contributed by atoms with van der Waals surface area (Å²) in [6.45, 7) is 7.87. The van der Waals surface area contributed by atoms with E-state index in [0.717, 1.165) is 37.0 Å². The van der Waals surface area contributed by atoms with E-state index in [1.165, 1.54) is 0 Å². The highest BCUT2D eigenvalue weighted by Gasteiger charge is 2.17. The molecule has 1 N–H and O–H groups in total. The Balaban J connectivity index is 2.65. The van der Waals surface area contributed by atoms with Gasteiger partial charge in [0.15, 0.2) is 0 Å². The fraction of sp³-hybridized carbons (Fsp3) is 0.526. The first-order valence-corrected chi connectivity index (χ1v) is 8.71. The van der Waals surface area contributed by atoms with Gasteiger partial charge in [0, 0.05) is 30.4 Å². The van der Waals surface area contributed by atoms with E-state index in [9.17, 15) is 4.79 Å². The summed E-state index contributed by atoms with van der Waals surface area (Å²) in [5.74, 6) is -0.166. The highest BCUT2D eigenvalue weighted by Crippen LogP contribution is 2.16. The van der Waals surface area contributed by atoms with E-state index >= 15 is 0 Å². The van der Waals surface area contributed by atoms with Crippen molar-refractivity contribution in [2.24, 2.45) is 5.92 Å². The van der Waals surface area contributed by atoms with Crippen molar-refractivity contribution < 1.29 is 14.3 Å². The minimum atomic E-state index is -0.166. The number of carbonyl (C=O) groups excluding carboxylic acids is 1. The molecule has 0 saturated carbocycles. The van der Waals surface area contributed by atoms with Gasteiger partial charge >= 0.3 is 0 Å². The molecule has 1 aromatic rings. The third-order valence-corrected chi connectivity index (χ3v) is 3.94. The molecule has 0 aromatic heterocycles. The Morgan fingerprint density at radius 3 is 2.62 bits per heavy atom. The number of nitrogens with one attached hydrogen (secondary N) is 1. The summed E-state index contributed by atoms with van der Waals surface area (Å²) in [7, 11) is 1.60. The van der Waals surface area contributed by atoms with Crippen molar-refractivity contribution >= 4 is 23.6 Å². The van der Waals surface area contributed by atoms with Crippen molar-refractivity contribution in [1.29, 1.82) is 0 Å². The van der Waals surface area contributed by atoms with Gasteiger partial charge in [-0.1, -0.05) is 43.7 Å². The van der Waals surface area contributed by atoms with Crippen LogP contribution < -0.4 is 5.32 Å². The maximum atomic E-state index is 11.2. The second-order valence-corrected chi connectivity index (χ2v) is 6.28. The molecule has 0 radical (unpaired) electrons. The Morgan fingerprint density at radius 2 is 2.04 bits per heavy atom. The summed E-state index contributed by atoms with van der Waals surface area (Å²) in [4.78, 5) is 11.2. The molecule has 0 amide bonds. The molecule has 0 aliphatic carbocycles. The first-order chi connectivity index (χ1) is 11.6. The van der Waals surface area contributed by atoms with Crippen LogP contribution in [0, 0.1) is 5.92 Å². The minimum absolute atomic E-state index is 0.00427. The molecular weight excluding hydrogens is 326 g/mol. The monoisotopic (exact) mass is 353 g/mol. The Hall–Kier alpha value is -1.36. The van der Waals surface area contributed by atoms with Crippen LogP contribution in [0.2, 0.25) is 5.02 Å². The highest BCUT2D eigenvalue weighted by atomic mass is 35.5. The number of rotatable bonds is 13. The second kappa shape index (κ2) is 12.1. The zero-order valence-corrected chi connectivity index (χ0v) is 15.3. The van der Waals surface area contributed by atoms with Gasteiger partial charge in [0.05, 0.1) is 19.3 Å². The topological polar surface area (TPSA) is 47.6 Å². The zero-order valence-electron chi connectivity index (χ0n) is 14.6. The molecule has 4 nitrogen and oxygen atoms in total. The van der Waals surface area contributed by atoms with Gasteiger partial charge in [-0.15, -0.1) is 0 Å². The molecule has 0 aliphatic rings. The summed E-state index contributed by atoms with van der Waals surface area (Å²) < 4.78 is 10.8. The predicted molar refractivity (Wildman–Crippen MR) is 99.2 cm³/mol. The van der Waals surface area contributed by atoms with E-state index in [-0.39, 0.29) is 12.0 Å². The Kier molecular flexibility index (Phi) is 10.4. The second-order valence-electron chi connectivity index (χ2n) is 5.84. The lowest BCUT2D eigenvalue weighted by Crippen LogP contribution is -2.35. The highest BCUT2D eigenvalue weighted by molar-refractivity contribution is 6.30. The van der Waals surface area contributed by atoms with Gasteiger partial charge in [-0.2, -0.15) is 0 Å². The summed E-state index contributed by atoms with van der Waals surface area (Å²) in [5, 5.41) is 4.06. The Morgan fingerprint density at radius 1 is 1.33 bits per heavy atom. The lowest BCUT2D eigenvalue weighted by Gasteiger charge is -2.24. The van der Waals surface area contributed by atoms with Gasteiger partial charge in [0.1, 0.15) is 6.29 Å². The fourth-order valence-electron chi connectivity index (χ4n) is 2.36. The first kappa shape index (κ1) is 20.7. The van der Waals surface area contributed by atoms with Crippen LogP contribution >= 0.6 is 11.6 Å². The van der Waals surface area contributed by atoms with E-state index in [2.05, 4.69) is 18.8 Å². The number of halogens is 1. The molecule has 0 bridgehead atoms. The van der Waals surface area contributed by atoms with Gasteiger partial charge in [-0.3, -0.25) is 0 Å². The predicted octanol–water partition coefficient (Wildman–Crippen LogP) is 3.94. The third kappa shape index (κ3) is 7.95. The van der Waals surface area contributed by atoms with E-state index in [0.29, 0.717) is 24.7 Å². The van der Waals surface area contributed by atoms with Gasteiger partial charge in [0.25, 0.3) is 0 Å². The smallest absolute Gasteiger partial charge is 0.125 e. The van der Waals surface area contributed by atoms with Gasteiger partial charge in [0.2, 0.25) is 0 Å². The lowest BCUT2D eigenvalue weighted by molar-refractivity contribution is -0.113. The number of hydrogen-bond acceptors (Lipinski definition) is 4. The summed E-state index contributed by atoms with van der Waals surface area (Å²) in [5.41, 5.74) is 1.75. The van der Waals surface area contributed by atoms with Crippen LogP contribution in [0.1, 0.15) is 31.7 Å². The molecule has 0 heterocycles. The largest absolute Gasteiger partial charge is 0.384 e. The molecule has 2 atom stereocenters. The van der Waals surface area contributed by atoms with Crippen molar-refractivity contribution in [3.05, 3.63) is 41.4 Å². The number of carbonyl (C=O) groups is 1. The van der Waals surface area contributed by atoms with E-state index in [1.807, 2.05) is 24.3 Å². The van der Waals surface area contributed by atoms with E-state index in [1.54, 1.807) is 7.11 Å². The minimum Gasteiger partial charge on any atom is -0.384 e. The summed E-state index contributed by atoms with van der Waals surface area (Å²) >= 11 is 5.92. The molecule has 1 rings (SSSR count). The number of aldehydes is 1. The van der Waals surface area contributed by atoms with Crippen molar-refractivity contribution in [3.8, 4) is 0 Å². The Labute approximate surface area is 150 Å². The van der Waals surface area contributed by atoms with Crippen LogP contribution in [0.4, 0.5) is 0 Å². The van der Waals surface area contributed by atoms with Gasteiger partial charge < -0.3 is 19.6 Å². The fourth-order valence-corrected chi connectivity index (χ4v) is 2.49. The average molecular weight is 354 g/mol. The molecule has 1 aromatic carbocycles. The molecule has 5 heteroatoms. The molecule has 134 valence electrons. The molecule has 0 spiro atoms. The van der Waals surface area contributed by atoms with Crippen molar-refractivity contribution in [2.45, 2.75) is 32.2 Å². The van der Waals surface area contributed by atoms with Crippen molar-refractivity contribution in [1.82, 2.24) is 5.32 Å². The SMILES string of the molecule is C=C(N[C@@H](COCCCC)C[C@H](C=O)COC)c1ccc(Cl)cc1. The third-order valence-electron chi connectivity index (χ3n) is 3.69. The van der Waals surface area contributed by atoms with Crippen LogP contribution in [0.3, 0.4) is 0 Å². The number of benzene rings is 1. The van der Waals surface area contributed by atoms with Crippen LogP contribution in [-0.2, 0) is 14.3 Å². The maximum Gasteiger partial charge on any atom is 0.125 e. The molecule has 24 heavy (non-hydrogen) atoms. The van der Waals surface area contributed by atoms with Crippen LogP contribution in [0.15, 0.2) is 30.8 Å². The number of unbranched alkanes of at least 4 members (excludes halogenated alkanes) is 1. The standard InChI is InChI=1S/C19H28ClNO3/c1-4-5-10-24-14-19(11-16(12-22)13-23-3)21-15(2)17-6-8-18(20)9-7-17/h6-9,12,16,19,21H,2,4-5,10-11,13-14H2,1,3H3/t16-,19-/m1/s1. The summed E-state index contributed by atoms with van der Waals surface area (Å²) in [6.07, 6.45) is 3.70. The molecule has 0 fully saturated rings. The van der Waals surface area contributed by atoms with Crippen LogP contribution in [0.25, 0.3) is 5.70 Å². The molecule has 0 saturated heterocycles. The quantitative estimate of drug-likeness (QED) is 0.431. The van der Waals surface area contributed by atoms with Crippen molar-refractivity contribution in [2.75, 3.05) is 26.9 Å². The zero-order chi connectivity index (χ0) is 17.8. The lowest BCUT2D eigenvalue weighted by atomic mass is 10.0. The van der Waals surface area contributed by atoms with Crippen LogP contribution in [0.5, 0.6) is 0 Å². The van der Waals surface area contributed by atoms with E-state index in [4.69, 9.17) is 21.1 Å². The van der Waals surface area contributed by atoms with Gasteiger partial charge in [-0.05, 0) is 30.5 Å². The van der Waals surface area contributed by atoms with Gasteiger partial charge in [-0.25, -0.2) is 0 Å². The molecule has 0 unspecified atom stereocenters. The van der Waals surface area contributed by atoms with Crippen molar-refractivity contribution in [3.63, 3.8) is 0 Å². The molecular formula is C19H28ClNO3. The number of hydrogen-bond donors (Lipinski definition) is 1. The first-order valence-electron chi connectivity index (χ1n) is 8.34. The average Bonchev–Trinajstić information content (AvgIpc) is 2.58. The summed E-state index contributed by atoms with van der Waals surface area (Å²) in [6, 6.07) is 7.49. The van der Waals surface area contributed by atoms with Crippen LogP contribution in [-0.4, -0.2) is 39.3 Å². The molecule has 0 aliphatic heterocycles. The normalized spacial score (nSPS) is 13.3. The van der Waals surface area contributed by atoms with E-state index < -0.39 is 0 Å². The number of methoxy groups -OCH3 is 1. The maximum absolute atomic E-state index is 11.2. The number of ether oxygens (including phenoxy) is 2. The Bertz CT molecular complexity index is 490.